The largest absolute Gasteiger partial charge is 0.275 e. The molecule has 0 spiro atoms. The van der Waals surface area contributed by atoms with Crippen molar-refractivity contribution < 1.29 is 8.42 Å². The number of aromatic nitrogens is 3. The van der Waals surface area contributed by atoms with Crippen LogP contribution in [0.1, 0.15) is 5.56 Å². The summed E-state index contributed by atoms with van der Waals surface area (Å²) < 4.78 is 29.7. The van der Waals surface area contributed by atoms with Crippen LogP contribution >= 0.6 is 27.3 Å². The first-order chi connectivity index (χ1) is 10.9. The summed E-state index contributed by atoms with van der Waals surface area (Å²) in [6.45, 7) is 0.193. The average Bonchev–Trinajstić information content (AvgIpc) is 3.15. The quantitative estimate of drug-likeness (QED) is 0.698. The number of hydrogen-bond acceptors (Lipinski definition) is 5. The highest BCUT2D eigenvalue weighted by Crippen LogP contribution is 2.26. The van der Waals surface area contributed by atoms with Crippen molar-refractivity contribution in [2.24, 2.45) is 7.05 Å². The normalized spacial score (nSPS) is 11.7. The van der Waals surface area contributed by atoms with E-state index in [2.05, 4.69) is 30.7 Å². The third-order valence-corrected chi connectivity index (χ3v) is 6.62. The Kier molecular flexibility index (Phi) is 4.62. The van der Waals surface area contributed by atoms with E-state index in [1.165, 1.54) is 11.3 Å². The molecule has 0 saturated heterocycles. The molecule has 3 aromatic rings. The second-order valence-electron chi connectivity index (χ2n) is 4.84. The third kappa shape index (κ3) is 3.86. The van der Waals surface area contributed by atoms with E-state index in [0.717, 1.165) is 20.6 Å². The molecule has 0 radical (unpaired) electrons. The molecule has 3 heterocycles. The molecule has 0 bridgehead atoms. The van der Waals surface area contributed by atoms with E-state index < -0.39 is 10.0 Å². The highest BCUT2D eigenvalue weighted by Gasteiger charge is 2.16. The summed E-state index contributed by atoms with van der Waals surface area (Å²) in [7, 11) is -1.66. The number of pyridine rings is 1. The molecular formula is C14H13BrN4O2S2. The van der Waals surface area contributed by atoms with Gasteiger partial charge >= 0.3 is 0 Å². The molecule has 0 saturated carbocycles. The van der Waals surface area contributed by atoms with Gasteiger partial charge in [-0.3, -0.25) is 9.67 Å². The van der Waals surface area contributed by atoms with Crippen molar-refractivity contribution in [2.45, 2.75) is 10.8 Å². The van der Waals surface area contributed by atoms with E-state index in [1.54, 1.807) is 29.2 Å². The molecule has 0 aliphatic carbocycles. The topological polar surface area (TPSA) is 76.9 Å². The van der Waals surface area contributed by atoms with Gasteiger partial charge in [-0.1, -0.05) is 6.07 Å². The number of hydrogen-bond donors (Lipinski definition) is 1. The van der Waals surface area contributed by atoms with Crippen LogP contribution in [0.3, 0.4) is 0 Å². The van der Waals surface area contributed by atoms with Crippen molar-refractivity contribution in [2.75, 3.05) is 0 Å². The number of aryl methyl sites for hydroxylation is 1. The number of halogens is 1. The molecule has 3 rings (SSSR count). The van der Waals surface area contributed by atoms with E-state index in [9.17, 15) is 8.42 Å². The Morgan fingerprint density at radius 2 is 2.09 bits per heavy atom. The Bertz CT molecular complexity index is 916. The van der Waals surface area contributed by atoms with Gasteiger partial charge in [0.1, 0.15) is 4.21 Å². The van der Waals surface area contributed by atoms with Crippen molar-refractivity contribution in [3.05, 3.63) is 52.2 Å². The monoisotopic (exact) mass is 412 g/mol. The lowest BCUT2D eigenvalue weighted by molar-refractivity contribution is 0.583. The van der Waals surface area contributed by atoms with E-state index in [4.69, 9.17) is 0 Å². The minimum absolute atomic E-state index is 0.193. The van der Waals surface area contributed by atoms with Gasteiger partial charge in [0.25, 0.3) is 0 Å². The standard InChI is InChI=1S/C14H13BrN4O2S2/c1-19-9-11(8-17-19)12-3-2-10(6-16-12)7-18-23(20,21)14-5-4-13(15)22-14/h2-6,8-9,18H,7H2,1H3. The third-order valence-electron chi connectivity index (χ3n) is 3.11. The zero-order chi connectivity index (χ0) is 16.4. The molecule has 0 fully saturated rings. The molecule has 120 valence electrons. The Hall–Kier alpha value is -1.55. The molecule has 0 atom stereocenters. The number of nitrogens with one attached hydrogen (secondary N) is 1. The lowest BCUT2D eigenvalue weighted by Crippen LogP contribution is -2.22. The molecule has 6 nitrogen and oxygen atoms in total. The number of thiophene rings is 1. The molecule has 0 unspecified atom stereocenters. The molecule has 0 aliphatic rings. The molecule has 0 amide bonds. The fourth-order valence-electron chi connectivity index (χ4n) is 1.94. The number of sulfonamides is 1. The Labute approximate surface area is 146 Å². The second kappa shape index (κ2) is 6.52. The Morgan fingerprint density at radius 3 is 2.65 bits per heavy atom. The summed E-state index contributed by atoms with van der Waals surface area (Å²) in [6.07, 6.45) is 5.27. The lowest BCUT2D eigenvalue weighted by atomic mass is 10.2. The van der Waals surface area contributed by atoms with Crippen LogP contribution in [-0.4, -0.2) is 23.2 Å². The van der Waals surface area contributed by atoms with Crippen LogP contribution in [0.4, 0.5) is 0 Å². The van der Waals surface area contributed by atoms with Gasteiger partial charge in [0.05, 0.1) is 15.7 Å². The van der Waals surface area contributed by atoms with Crippen LogP contribution in [-0.2, 0) is 23.6 Å². The lowest BCUT2D eigenvalue weighted by Gasteiger charge is -2.05. The Morgan fingerprint density at radius 1 is 1.26 bits per heavy atom. The number of rotatable bonds is 5. The Balaban J connectivity index is 1.69. The molecule has 9 heteroatoms. The summed E-state index contributed by atoms with van der Waals surface area (Å²) in [5.41, 5.74) is 2.51. The summed E-state index contributed by atoms with van der Waals surface area (Å²) in [5, 5.41) is 4.10. The van der Waals surface area contributed by atoms with Crippen LogP contribution in [0.25, 0.3) is 11.3 Å². The maximum Gasteiger partial charge on any atom is 0.250 e. The first-order valence-electron chi connectivity index (χ1n) is 6.63. The van der Waals surface area contributed by atoms with Crippen LogP contribution in [0.5, 0.6) is 0 Å². The molecule has 3 aromatic heterocycles. The van der Waals surface area contributed by atoms with Crippen molar-refractivity contribution in [3.8, 4) is 11.3 Å². The predicted octanol–water partition coefficient (Wildman–Crippen LogP) is 2.78. The summed E-state index contributed by atoms with van der Waals surface area (Å²) >= 11 is 4.44. The predicted molar refractivity (Wildman–Crippen MR) is 92.5 cm³/mol. The minimum atomic E-state index is -3.50. The van der Waals surface area contributed by atoms with Crippen LogP contribution < -0.4 is 4.72 Å². The molecular weight excluding hydrogens is 400 g/mol. The van der Waals surface area contributed by atoms with Gasteiger partial charge in [0.2, 0.25) is 10.0 Å². The van der Waals surface area contributed by atoms with Crippen LogP contribution in [0.2, 0.25) is 0 Å². The smallest absolute Gasteiger partial charge is 0.250 e. The summed E-state index contributed by atoms with van der Waals surface area (Å²) in [5.74, 6) is 0. The van der Waals surface area contributed by atoms with E-state index in [-0.39, 0.29) is 10.8 Å². The van der Waals surface area contributed by atoms with Gasteiger partial charge in [-0.05, 0) is 39.7 Å². The summed E-state index contributed by atoms with van der Waals surface area (Å²) in [4.78, 5) is 4.35. The zero-order valence-corrected chi connectivity index (χ0v) is 15.3. The van der Waals surface area contributed by atoms with Crippen molar-refractivity contribution >= 4 is 37.3 Å². The maximum atomic E-state index is 12.2. The molecule has 0 aromatic carbocycles. The molecule has 1 N–H and O–H groups in total. The van der Waals surface area contributed by atoms with Gasteiger partial charge < -0.3 is 0 Å². The first kappa shape index (κ1) is 16.3. The van der Waals surface area contributed by atoms with Crippen molar-refractivity contribution in [1.82, 2.24) is 19.5 Å². The summed E-state index contributed by atoms with van der Waals surface area (Å²) in [6, 6.07) is 6.98. The van der Waals surface area contributed by atoms with Crippen LogP contribution in [0.15, 0.2) is 50.9 Å². The SMILES string of the molecule is Cn1cc(-c2ccc(CNS(=O)(=O)c3ccc(Br)s3)cn2)cn1. The van der Waals surface area contributed by atoms with Crippen LogP contribution in [0, 0.1) is 0 Å². The van der Waals surface area contributed by atoms with Crippen molar-refractivity contribution in [1.29, 1.82) is 0 Å². The highest BCUT2D eigenvalue weighted by molar-refractivity contribution is 9.11. The fourth-order valence-corrected chi connectivity index (χ4v) is 5.02. The molecule has 23 heavy (non-hydrogen) atoms. The average molecular weight is 413 g/mol. The highest BCUT2D eigenvalue weighted by atomic mass is 79.9. The maximum absolute atomic E-state index is 12.2. The van der Waals surface area contributed by atoms with Gasteiger partial charge in [-0.15, -0.1) is 11.3 Å². The van der Waals surface area contributed by atoms with Gasteiger partial charge in [0, 0.05) is 31.5 Å². The van der Waals surface area contributed by atoms with E-state index >= 15 is 0 Å². The second-order valence-corrected chi connectivity index (χ2v) is 9.29. The van der Waals surface area contributed by atoms with Gasteiger partial charge in [0.15, 0.2) is 0 Å². The van der Waals surface area contributed by atoms with Crippen molar-refractivity contribution in [3.63, 3.8) is 0 Å². The minimum Gasteiger partial charge on any atom is -0.275 e. The number of nitrogens with zero attached hydrogens (tertiary/aromatic N) is 3. The first-order valence-corrected chi connectivity index (χ1v) is 9.72. The van der Waals surface area contributed by atoms with Gasteiger partial charge in [-0.25, -0.2) is 13.1 Å². The fraction of sp³-hybridized carbons (Fsp3) is 0.143. The zero-order valence-electron chi connectivity index (χ0n) is 12.1. The van der Waals surface area contributed by atoms with E-state index in [0.29, 0.717) is 0 Å². The van der Waals surface area contributed by atoms with E-state index in [1.807, 2.05) is 25.4 Å². The molecule has 0 aliphatic heterocycles. The van der Waals surface area contributed by atoms with Gasteiger partial charge in [-0.2, -0.15) is 5.10 Å².